The van der Waals surface area contributed by atoms with Crippen molar-refractivity contribution in [1.29, 1.82) is 0 Å². The number of carbonyl (C=O) groups excluding carboxylic acids is 1. The molecule has 2 unspecified atom stereocenters. The summed E-state index contributed by atoms with van der Waals surface area (Å²) in [5.41, 5.74) is 7.88. The van der Waals surface area contributed by atoms with Crippen LogP contribution in [0.15, 0.2) is 84.9 Å². The number of amides is 1. The zero-order valence-electron chi connectivity index (χ0n) is 21.1. The minimum absolute atomic E-state index is 0.244. The van der Waals surface area contributed by atoms with Crippen molar-refractivity contribution in [2.75, 3.05) is 23.3 Å². The number of sulfonamides is 1. The highest BCUT2D eigenvalue weighted by atomic mass is 32.2. The Balaban J connectivity index is 1.67. The molecule has 0 aliphatic carbocycles. The lowest BCUT2D eigenvalue weighted by Gasteiger charge is -2.22. The zero-order valence-corrected chi connectivity index (χ0v) is 22.7. The maximum absolute atomic E-state index is 12.9. The molecule has 0 fully saturated rings. The molecule has 4 N–H and O–H groups in total. The minimum atomic E-state index is -3.87. The second-order valence-electron chi connectivity index (χ2n) is 8.99. The molecule has 0 aliphatic heterocycles. The Morgan fingerprint density at radius 1 is 0.842 bits per heavy atom. The molecule has 0 aromatic heterocycles. The van der Waals surface area contributed by atoms with Gasteiger partial charge in [-0.1, -0.05) is 60.7 Å². The van der Waals surface area contributed by atoms with Crippen LogP contribution in [-0.2, 0) is 36.8 Å². The third kappa shape index (κ3) is 9.81. The predicted octanol–water partition coefficient (Wildman–Crippen LogP) is 2.50. The van der Waals surface area contributed by atoms with Crippen LogP contribution in [-0.4, -0.2) is 53.4 Å². The van der Waals surface area contributed by atoms with Crippen molar-refractivity contribution < 1.29 is 26.4 Å². The molecular weight excluding hydrogens is 526 g/mol. The molecule has 0 aliphatic rings. The maximum Gasteiger partial charge on any atom is 0.238 e. The molecule has 0 radical (unpaired) electrons. The molecule has 3 aromatic rings. The molecule has 204 valence electrons. The van der Waals surface area contributed by atoms with Crippen molar-refractivity contribution in [2.45, 2.75) is 30.7 Å². The quantitative estimate of drug-likeness (QED) is 0.275. The van der Waals surface area contributed by atoms with E-state index in [1.807, 2.05) is 30.3 Å². The Labute approximate surface area is 224 Å². The Morgan fingerprint density at radius 2 is 1.42 bits per heavy atom. The number of carbonyl (C=O) groups is 1. The molecular formula is C27H33N3O6S2. The third-order valence-electron chi connectivity index (χ3n) is 5.75. The summed E-state index contributed by atoms with van der Waals surface area (Å²) in [6, 6.07) is 22.3. The van der Waals surface area contributed by atoms with Crippen LogP contribution >= 0.6 is 0 Å². The van der Waals surface area contributed by atoms with Crippen LogP contribution in [0.2, 0.25) is 0 Å². The molecule has 0 heterocycles. The Bertz CT molecular complexity index is 1380. The van der Waals surface area contributed by atoms with Gasteiger partial charge in [0.25, 0.3) is 0 Å². The van der Waals surface area contributed by atoms with E-state index in [1.54, 1.807) is 54.6 Å². The number of aryl methyl sites for hydroxylation is 1. The van der Waals surface area contributed by atoms with E-state index in [2.05, 4.69) is 10.0 Å². The highest BCUT2D eigenvalue weighted by molar-refractivity contribution is 7.92. The Morgan fingerprint density at radius 3 is 2.00 bits per heavy atom. The van der Waals surface area contributed by atoms with Crippen molar-refractivity contribution in [2.24, 2.45) is 5.73 Å². The van der Waals surface area contributed by atoms with Crippen molar-refractivity contribution in [3.63, 3.8) is 0 Å². The first-order valence-electron chi connectivity index (χ1n) is 12.0. The minimum Gasteiger partial charge on any atom is -0.497 e. The molecule has 0 saturated heterocycles. The number of rotatable bonds is 14. The molecule has 3 aromatic carbocycles. The maximum atomic E-state index is 12.9. The normalized spacial score (nSPS) is 13.3. The SMILES string of the molecule is COc1ccc(NS(=O)(=O)CC(CCc2ccccc2)NC(=O)C(N)CS(=O)(=O)Cc2ccccc2)cc1. The number of hydrogen-bond donors (Lipinski definition) is 3. The third-order valence-corrected chi connectivity index (χ3v) is 8.78. The summed E-state index contributed by atoms with van der Waals surface area (Å²) in [4.78, 5) is 12.9. The molecule has 0 saturated carbocycles. The van der Waals surface area contributed by atoms with Crippen LogP contribution in [0.4, 0.5) is 5.69 Å². The van der Waals surface area contributed by atoms with Gasteiger partial charge in [0.1, 0.15) is 5.75 Å². The lowest BCUT2D eigenvalue weighted by molar-refractivity contribution is -0.122. The molecule has 1 amide bonds. The van der Waals surface area contributed by atoms with Gasteiger partial charge in [-0.25, -0.2) is 16.8 Å². The molecule has 3 rings (SSSR count). The number of hydrogen-bond acceptors (Lipinski definition) is 7. The lowest BCUT2D eigenvalue weighted by Crippen LogP contribution is -2.50. The predicted molar refractivity (Wildman–Crippen MR) is 149 cm³/mol. The van der Waals surface area contributed by atoms with Crippen LogP contribution in [0.25, 0.3) is 0 Å². The van der Waals surface area contributed by atoms with Crippen LogP contribution < -0.4 is 20.5 Å². The van der Waals surface area contributed by atoms with E-state index in [4.69, 9.17) is 10.5 Å². The fourth-order valence-electron chi connectivity index (χ4n) is 3.87. The summed E-state index contributed by atoms with van der Waals surface area (Å²) < 4.78 is 58.7. The average molecular weight is 560 g/mol. The van der Waals surface area contributed by atoms with Gasteiger partial charge in [0.2, 0.25) is 15.9 Å². The van der Waals surface area contributed by atoms with Crippen molar-refractivity contribution >= 4 is 31.5 Å². The number of ether oxygens (including phenoxy) is 1. The van der Waals surface area contributed by atoms with Crippen molar-refractivity contribution in [1.82, 2.24) is 5.32 Å². The van der Waals surface area contributed by atoms with E-state index >= 15 is 0 Å². The first-order chi connectivity index (χ1) is 18.0. The second kappa shape index (κ2) is 13.4. The number of nitrogens with two attached hydrogens (primary N) is 1. The molecule has 0 spiro atoms. The summed E-state index contributed by atoms with van der Waals surface area (Å²) in [7, 11) is -6.04. The molecule has 2 atom stereocenters. The monoisotopic (exact) mass is 559 g/mol. The van der Waals surface area contributed by atoms with Crippen molar-refractivity contribution in [3.8, 4) is 5.75 Å². The first kappa shape index (κ1) is 29.2. The Kier molecular flexibility index (Phi) is 10.3. The second-order valence-corrected chi connectivity index (χ2v) is 12.9. The molecule has 9 nitrogen and oxygen atoms in total. The van der Waals surface area contributed by atoms with Crippen LogP contribution in [0.3, 0.4) is 0 Å². The number of anilines is 1. The van der Waals surface area contributed by atoms with Gasteiger partial charge in [-0.15, -0.1) is 0 Å². The lowest BCUT2D eigenvalue weighted by atomic mass is 10.1. The molecule has 11 heteroatoms. The summed E-state index contributed by atoms with van der Waals surface area (Å²) in [6.07, 6.45) is 0.814. The average Bonchev–Trinajstić information content (AvgIpc) is 2.88. The fourth-order valence-corrected chi connectivity index (χ4v) is 6.75. The van der Waals surface area contributed by atoms with Gasteiger partial charge in [0, 0.05) is 11.7 Å². The van der Waals surface area contributed by atoms with Gasteiger partial charge in [0.15, 0.2) is 9.84 Å². The first-order valence-corrected chi connectivity index (χ1v) is 15.5. The highest BCUT2D eigenvalue weighted by Gasteiger charge is 2.27. The largest absolute Gasteiger partial charge is 0.497 e. The van der Waals surface area contributed by atoms with E-state index in [1.165, 1.54) is 7.11 Å². The van der Waals surface area contributed by atoms with Gasteiger partial charge in [-0.3, -0.25) is 9.52 Å². The van der Waals surface area contributed by atoms with E-state index in [0.717, 1.165) is 5.56 Å². The van der Waals surface area contributed by atoms with Gasteiger partial charge < -0.3 is 15.8 Å². The number of benzene rings is 3. The van der Waals surface area contributed by atoms with E-state index in [0.29, 0.717) is 29.8 Å². The number of methoxy groups -OCH3 is 1. The topological polar surface area (TPSA) is 145 Å². The van der Waals surface area contributed by atoms with Gasteiger partial charge in [-0.05, 0) is 48.2 Å². The molecule has 0 bridgehead atoms. The number of nitrogens with one attached hydrogen (secondary N) is 2. The smallest absolute Gasteiger partial charge is 0.238 e. The van der Waals surface area contributed by atoms with Crippen LogP contribution in [0, 0.1) is 0 Å². The van der Waals surface area contributed by atoms with Gasteiger partial charge in [0.05, 0.1) is 30.4 Å². The van der Waals surface area contributed by atoms with Crippen molar-refractivity contribution in [3.05, 3.63) is 96.1 Å². The summed E-state index contributed by atoms with van der Waals surface area (Å²) in [5.74, 6) is -1.36. The van der Waals surface area contributed by atoms with E-state index in [-0.39, 0.29) is 5.75 Å². The zero-order chi connectivity index (χ0) is 27.6. The Hall–Kier alpha value is -3.41. The van der Waals surface area contributed by atoms with Gasteiger partial charge in [-0.2, -0.15) is 0 Å². The van der Waals surface area contributed by atoms with Crippen LogP contribution in [0.1, 0.15) is 17.5 Å². The number of sulfone groups is 1. The fraction of sp³-hybridized carbons (Fsp3) is 0.296. The van der Waals surface area contributed by atoms with Gasteiger partial charge >= 0.3 is 0 Å². The van der Waals surface area contributed by atoms with E-state index < -0.39 is 49.4 Å². The summed E-state index contributed by atoms with van der Waals surface area (Å²) in [5, 5.41) is 2.67. The molecule has 38 heavy (non-hydrogen) atoms. The van der Waals surface area contributed by atoms with E-state index in [9.17, 15) is 21.6 Å². The standard InChI is InChI=1S/C27H33N3O6S2/c1-36-25-16-14-23(15-17-25)30-38(34,35)19-24(13-12-21-8-4-2-5-9-21)29-27(31)26(28)20-37(32,33)18-22-10-6-3-7-11-22/h2-11,14-17,24,26,30H,12-13,18-20,28H2,1H3,(H,29,31). The summed E-state index contributed by atoms with van der Waals surface area (Å²) in [6.45, 7) is 0. The highest BCUT2D eigenvalue weighted by Crippen LogP contribution is 2.17. The van der Waals surface area contributed by atoms with Crippen LogP contribution in [0.5, 0.6) is 5.75 Å². The summed E-state index contributed by atoms with van der Waals surface area (Å²) >= 11 is 0.